The van der Waals surface area contributed by atoms with E-state index in [1.54, 1.807) is 12.4 Å². The highest BCUT2D eigenvalue weighted by molar-refractivity contribution is 5.98. The summed E-state index contributed by atoms with van der Waals surface area (Å²) in [7, 11) is 0. The van der Waals surface area contributed by atoms with Crippen LogP contribution in [-0.2, 0) is 9.47 Å². The van der Waals surface area contributed by atoms with Crippen molar-refractivity contribution in [1.82, 2.24) is 34.5 Å². The van der Waals surface area contributed by atoms with Gasteiger partial charge in [-0.05, 0) is 96.9 Å². The number of pyridine rings is 1. The Morgan fingerprint density at radius 1 is 1.04 bits per heavy atom. The third-order valence-electron chi connectivity index (χ3n) is 11.8. The van der Waals surface area contributed by atoms with Gasteiger partial charge in [0.15, 0.2) is 12.0 Å². The van der Waals surface area contributed by atoms with Crippen molar-refractivity contribution in [3.05, 3.63) is 35.9 Å². The van der Waals surface area contributed by atoms with Crippen LogP contribution in [0.1, 0.15) is 83.9 Å². The first-order valence-electron chi connectivity index (χ1n) is 19.2. The zero-order valence-corrected chi connectivity index (χ0v) is 31.0. The number of alkyl halides is 1. The van der Waals surface area contributed by atoms with E-state index in [4.69, 9.17) is 34.3 Å². The molecule has 3 unspecified atom stereocenters. The maximum Gasteiger partial charge on any atom is 0.410 e. The van der Waals surface area contributed by atoms with E-state index in [1.165, 1.54) is 0 Å². The van der Waals surface area contributed by atoms with Gasteiger partial charge in [-0.2, -0.15) is 15.1 Å². The Balaban J connectivity index is 1.11. The standard InChI is InChI=1S/C39H48F2N8O4/c1-23-14-27(28-18-43-49(30(28)15-23)31-8-5-6-13-51-31)33-32(41)34-29(17-42-33)35(45-36(44-34)52-22-39-11-7-12-47(39)19-24(40)16-39)46-20-25-9-10-26(21-46)48(25)37(50)53-38(2,3)4/h14-15,17-18,24-26,31H,5-13,16,19-22H2,1-4H3/t24-,25?,26?,31?,39+/m1/s1. The van der Waals surface area contributed by atoms with Crippen molar-refractivity contribution in [1.29, 1.82) is 0 Å². The lowest BCUT2D eigenvalue weighted by molar-refractivity contribution is -0.0366. The van der Waals surface area contributed by atoms with Crippen molar-refractivity contribution in [2.45, 2.75) is 115 Å². The third kappa shape index (κ3) is 6.15. The first kappa shape index (κ1) is 34.6. The summed E-state index contributed by atoms with van der Waals surface area (Å²) < 4.78 is 52.0. The minimum atomic E-state index is -0.907. The highest BCUT2D eigenvalue weighted by Crippen LogP contribution is 2.42. The molecule has 2 bridgehead atoms. The molecule has 9 rings (SSSR count). The molecule has 8 heterocycles. The summed E-state index contributed by atoms with van der Waals surface area (Å²) in [5, 5.41) is 5.94. The molecule has 5 fully saturated rings. The van der Waals surface area contributed by atoms with Crippen molar-refractivity contribution in [2.24, 2.45) is 0 Å². The number of carbonyl (C=O) groups excluding carboxylic acids is 1. The summed E-state index contributed by atoms with van der Waals surface area (Å²) in [6.07, 6.45) is 8.83. The van der Waals surface area contributed by atoms with Crippen molar-refractivity contribution < 1.29 is 27.8 Å². The summed E-state index contributed by atoms with van der Waals surface area (Å²) in [5.74, 6) is -0.0683. The number of ether oxygens (including phenoxy) is 3. The maximum absolute atomic E-state index is 17.2. The van der Waals surface area contributed by atoms with Crippen LogP contribution >= 0.6 is 0 Å². The fraction of sp³-hybridized carbons (Fsp3) is 0.615. The second kappa shape index (κ2) is 13.0. The summed E-state index contributed by atoms with van der Waals surface area (Å²) in [6.45, 7) is 10.7. The Hall–Kier alpha value is -4.17. The van der Waals surface area contributed by atoms with Gasteiger partial charge in [0.25, 0.3) is 0 Å². The fourth-order valence-corrected chi connectivity index (χ4v) is 9.48. The highest BCUT2D eigenvalue weighted by Gasteiger charge is 2.50. The van der Waals surface area contributed by atoms with E-state index in [9.17, 15) is 9.18 Å². The van der Waals surface area contributed by atoms with Gasteiger partial charge in [0, 0.05) is 49.8 Å². The molecule has 0 radical (unpaired) electrons. The Morgan fingerprint density at radius 3 is 2.60 bits per heavy atom. The topological polar surface area (TPSA) is 111 Å². The number of halogens is 2. The minimum Gasteiger partial charge on any atom is -0.461 e. The molecule has 3 aromatic heterocycles. The van der Waals surface area contributed by atoms with E-state index >= 15 is 4.39 Å². The van der Waals surface area contributed by atoms with Crippen LogP contribution in [0.4, 0.5) is 19.4 Å². The number of fused-ring (bicyclic) bond motifs is 5. The number of nitrogens with zero attached hydrogens (tertiary/aromatic N) is 8. The normalized spacial score (nSPS) is 27.6. The van der Waals surface area contributed by atoms with Gasteiger partial charge < -0.3 is 19.1 Å². The number of amides is 1. The first-order valence-corrected chi connectivity index (χ1v) is 19.2. The van der Waals surface area contributed by atoms with Gasteiger partial charge in [0.2, 0.25) is 0 Å². The predicted molar refractivity (Wildman–Crippen MR) is 195 cm³/mol. The predicted octanol–water partition coefficient (Wildman–Crippen LogP) is 6.73. The van der Waals surface area contributed by atoms with Crippen LogP contribution in [0.2, 0.25) is 0 Å². The second-order valence-corrected chi connectivity index (χ2v) is 16.7. The number of anilines is 1. The fourth-order valence-electron chi connectivity index (χ4n) is 9.48. The molecule has 5 saturated heterocycles. The minimum absolute atomic E-state index is 0.0469. The molecule has 1 amide bonds. The Bertz CT molecular complexity index is 2050. The summed E-state index contributed by atoms with van der Waals surface area (Å²) in [5.41, 5.74) is 1.66. The number of piperazine rings is 1. The van der Waals surface area contributed by atoms with Crippen LogP contribution in [0.15, 0.2) is 24.5 Å². The van der Waals surface area contributed by atoms with Crippen LogP contribution in [0.5, 0.6) is 6.01 Å². The van der Waals surface area contributed by atoms with E-state index in [2.05, 4.69) is 15.9 Å². The van der Waals surface area contributed by atoms with Crippen molar-refractivity contribution in [2.75, 3.05) is 44.3 Å². The van der Waals surface area contributed by atoms with E-state index in [0.717, 1.165) is 68.0 Å². The molecule has 5 atom stereocenters. The SMILES string of the molecule is Cc1cc(-c2ncc3c(N4CC5CCC(C4)N5C(=O)OC(C)(C)C)nc(OC[C@@]45CCCN4C[C@H](F)C5)nc3c2F)c2cnn(C3CCCCO3)c2c1. The molecular formula is C39H48F2N8O4. The largest absolute Gasteiger partial charge is 0.461 e. The average Bonchev–Trinajstić information content (AvgIpc) is 3.86. The van der Waals surface area contributed by atoms with Crippen LogP contribution in [0.25, 0.3) is 33.1 Å². The molecule has 4 aromatic rings. The molecule has 53 heavy (non-hydrogen) atoms. The van der Waals surface area contributed by atoms with Crippen LogP contribution in [-0.4, -0.2) is 109 Å². The number of aromatic nitrogens is 5. The molecule has 14 heteroatoms. The van der Waals surface area contributed by atoms with Crippen molar-refractivity contribution in [3.63, 3.8) is 0 Å². The lowest BCUT2D eigenvalue weighted by Gasteiger charge is -2.42. The van der Waals surface area contributed by atoms with Gasteiger partial charge in [0.05, 0.1) is 34.7 Å². The molecule has 5 aliphatic rings. The molecule has 5 aliphatic heterocycles. The van der Waals surface area contributed by atoms with E-state index in [1.807, 2.05) is 43.3 Å². The Morgan fingerprint density at radius 2 is 1.85 bits per heavy atom. The summed E-state index contributed by atoms with van der Waals surface area (Å²) in [4.78, 5) is 33.8. The van der Waals surface area contributed by atoms with Crippen LogP contribution < -0.4 is 9.64 Å². The number of aryl methyl sites for hydroxylation is 1. The third-order valence-corrected chi connectivity index (χ3v) is 11.8. The van der Waals surface area contributed by atoms with Gasteiger partial charge in [0.1, 0.15) is 35.4 Å². The van der Waals surface area contributed by atoms with E-state index < -0.39 is 23.1 Å². The molecular weight excluding hydrogens is 682 g/mol. The number of carbonyl (C=O) groups is 1. The maximum atomic E-state index is 17.2. The number of benzene rings is 1. The zero-order chi connectivity index (χ0) is 36.6. The van der Waals surface area contributed by atoms with Gasteiger partial charge in [-0.15, -0.1) is 0 Å². The first-order chi connectivity index (χ1) is 25.5. The lowest BCUT2D eigenvalue weighted by atomic mass is 9.95. The Labute approximate surface area is 307 Å². The smallest absolute Gasteiger partial charge is 0.410 e. The Kier molecular flexibility index (Phi) is 8.48. The molecule has 0 saturated carbocycles. The molecule has 0 N–H and O–H groups in total. The second-order valence-electron chi connectivity index (χ2n) is 16.7. The van der Waals surface area contributed by atoms with E-state index in [0.29, 0.717) is 49.4 Å². The van der Waals surface area contributed by atoms with Gasteiger partial charge in [-0.25, -0.2) is 18.3 Å². The van der Waals surface area contributed by atoms with Crippen molar-refractivity contribution in [3.8, 4) is 17.3 Å². The molecule has 1 aromatic carbocycles. The monoisotopic (exact) mass is 730 g/mol. The van der Waals surface area contributed by atoms with Crippen LogP contribution in [0.3, 0.4) is 0 Å². The average molecular weight is 731 g/mol. The number of hydrogen-bond acceptors (Lipinski definition) is 10. The van der Waals surface area contributed by atoms with Gasteiger partial charge in [-0.1, -0.05) is 0 Å². The summed E-state index contributed by atoms with van der Waals surface area (Å²) >= 11 is 0. The van der Waals surface area contributed by atoms with Gasteiger partial charge in [-0.3, -0.25) is 14.8 Å². The molecule has 0 aliphatic carbocycles. The van der Waals surface area contributed by atoms with Gasteiger partial charge >= 0.3 is 12.1 Å². The quantitative estimate of drug-likeness (QED) is 0.212. The van der Waals surface area contributed by atoms with E-state index in [-0.39, 0.29) is 48.2 Å². The highest BCUT2D eigenvalue weighted by atomic mass is 19.1. The molecule has 282 valence electrons. The molecule has 12 nitrogen and oxygen atoms in total. The lowest BCUT2D eigenvalue weighted by Crippen LogP contribution is -2.57. The summed E-state index contributed by atoms with van der Waals surface area (Å²) in [6, 6.07) is 3.85. The van der Waals surface area contributed by atoms with Crippen LogP contribution in [0, 0.1) is 12.7 Å². The number of rotatable bonds is 6. The molecule has 0 spiro atoms. The number of hydrogen-bond donors (Lipinski definition) is 0. The zero-order valence-electron chi connectivity index (χ0n) is 31.0. The van der Waals surface area contributed by atoms with Crippen molar-refractivity contribution >= 4 is 33.7 Å².